The van der Waals surface area contributed by atoms with Gasteiger partial charge in [0.05, 0.1) is 23.1 Å². The van der Waals surface area contributed by atoms with E-state index in [9.17, 15) is 4.79 Å². The zero-order valence-electron chi connectivity index (χ0n) is 16.0. The van der Waals surface area contributed by atoms with Crippen LogP contribution >= 0.6 is 15.9 Å². The highest BCUT2D eigenvalue weighted by Gasteiger charge is 2.09. The Labute approximate surface area is 182 Å². The van der Waals surface area contributed by atoms with Crippen molar-refractivity contribution >= 4 is 21.8 Å². The molecule has 1 N–H and O–H groups in total. The minimum atomic E-state index is -0.172. The van der Waals surface area contributed by atoms with Crippen LogP contribution in [0.15, 0.2) is 89.8 Å². The maximum absolute atomic E-state index is 12.4. The van der Waals surface area contributed by atoms with E-state index in [-0.39, 0.29) is 5.91 Å². The number of hydrogen-bond acceptors (Lipinski definition) is 4. The summed E-state index contributed by atoms with van der Waals surface area (Å²) in [5.41, 5.74) is 3.25. The van der Waals surface area contributed by atoms with Crippen molar-refractivity contribution in [3.8, 4) is 11.4 Å². The summed E-state index contributed by atoms with van der Waals surface area (Å²) in [4.78, 5) is 16.7. The molecule has 0 saturated heterocycles. The summed E-state index contributed by atoms with van der Waals surface area (Å²) in [7, 11) is 0. The molecular weight excluding hydrogens is 444 g/mol. The summed E-state index contributed by atoms with van der Waals surface area (Å²) in [6, 6.07) is 21.1. The Morgan fingerprint density at radius 3 is 2.57 bits per heavy atom. The number of carbonyl (C=O) groups excluding carboxylic acids is 1. The molecule has 0 aliphatic rings. The number of rotatable bonds is 7. The van der Waals surface area contributed by atoms with Gasteiger partial charge in [0.1, 0.15) is 12.4 Å². The minimum absolute atomic E-state index is 0.172. The quantitative estimate of drug-likeness (QED) is 0.437. The summed E-state index contributed by atoms with van der Waals surface area (Å²) in [6.45, 7) is 0.835. The number of carbonyl (C=O) groups is 1. The van der Waals surface area contributed by atoms with Crippen LogP contribution in [0.25, 0.3) is 5.69 Å². The number of hydrogen-bond donors (Lipinski definition) is 1. The van der Waals surface area contributed by atoms with Gasteiger partial charge in [-0.3, -0.25) is 9.78 Å². The monoisotopic (exact) mass is 462 g/mol. The van der Waals surface area contributed by atoms with Gasteiger partial charge in [0.15, 0.2) is 0 Å². The summed E-state index contributed by atoms with van der Waals surface area (Å²) in [5, 5.41) is 7.18. The first-order chi connectivity index (χ1) is 14.7. The largest absolute Gasteiger partial charge is 0.487 e. The molecule has 0 aliphatic heterocycles. The van der Waals surface area contributed by atoms with Gasteiger partial charge in [-0.15, -0.1) is 0 Å². The minimum Gasteiger partial charge on any atom is -0.487 e. The normalized spacial score (nSPS) is 10.6. The van der Waals surface area contributed by atoms with Gasteiger partial charge in [-0.2, -0.15) is 5.10 Å². The lowest BCUT2D eigenvalue weighted by molar-refractivity contribution is 0.0951. The molecule has 7 heteroatoms. The van der Waals surface area contributed by atoms with E-state index in [0.29, 0.717) is 18.7 Å². The Bertz CT molecular complexity index is 1110. The molecule has 0 aliphatic carbocycles. The van der Waals surface area contributed by atoms with Gasteiger partial charge in [0, 0.05) is 23.4 Å². The van der Waals surface area contributed by atoms with Crippen LogP contribution < -0.4 is 10.1 Å². The summed E-state index contributed by atoms with van der Waals surface area (Å²) in [6.07, 6.45) is 5.02. The van der Waals surface area contributed by atoms with Crippen molar-refractivity contribution in [3.05, 3.63) is 107 Å². The Kier molecular flexibility index (Phi) is 6.20. The molecule has 2 heterocycles. The molecule has 4 aromatic rings. The second-order valence-electron chi connectivity index (χ2n) is 6.59. The van der Waals surface area contributed by atoms with Gasteiger partial charge in [-0.05, 0) is 54.1 Å². The molecule has 0 unspecified atom stereocenters. The predicted octanol–water partition coefficient (Wildman–Crippen LogP) is 4.54. The Hall–Kier alpha value is -3.45. The fraction of sp³-hybridized carbons (Fsp3) is 0.0870. The van der Waals surface area contributed by atoms with Crippen LogP contribution in [0.3, 0.4) is 0 Å². The number of nitrogens with one attached hydrogen (secondary N) is 1. The topological polar surface area (TPSA) is 69.0 Å². The molecule has 4 rings (SSSR count). The number of halogens is 1. The second-order valence-corrected chi connectivity index (χ2v) is 7.50. The van der Waals surface area contributed by atoms with Crippen LogP contribution in [0.1, 0.15) is 21.6 Å². The van der Waals surface area contributed by atoms with Crippen LogP contribution in [0.4, 0.5) is 0 Å². The van der Waals surface area contributed by atoms with E-state index in [1.165, 1.54) is 0 Å². The third kappa shape index (κ3) is 5.12. The van der Waals surface area contributed by atoms with E-state index in [0.717, 1.165) is 27.2 Å². The predicted molar refractivity (Wildman–Crippen MR) is 117 cm³/mol. The number of aromatic nitrogens is 3. The van der Waals surface area contributed by atoms with E-state index in [1.54, 1.807) is 23.3 Å². The van der Waals surface area contributed by atoms with Crippen molar-refractivity contribution in [3.63, 3.8) is 0 Å². The van der Waals surface area contributed by atoms with Crippen LogP contribution in [-0.4, -0.2) is 20.7 Å². The van der Waals surface area contributed by atoms with Gasteiger partial charge in [0.25, 0.3) is 5.91 Å². The molecule has 2 aromatic heterocycles. The lowest BCUT2D eigenvalue weighted by Crippen LogP contribution is -2.22. The van der Waals surface area contributed by atoms with Crippen molar-refractivity contribution in [2.24, 2.45) is 0 Å². The van der Waals surface area contributed by atoms with Crippen molar-refractivity contribution < 1.29 is 9.53 Å². The van der Waals surface area contributed by atoms with Crippen molar-refractivity contribution in [2.45, 2.75) is 13.2 Å². The fourth-order valence-electron chi connectivity index (χ4n) is 2.80. The van der Waals surface area contributed by atoms with E-state index >= 15 is 0 Å². The van der Waals surface area contributed by atoms with Crippen LogP contribution in [0, 0.1) is 0 Å². The van der Waals surface area contributed by atoms with Crippen molar-refractivity contribution in [1.82, 2.24) is 20.1 Å². The highest BCUT2D eigenvalue weighted by molar-refractivity contribution is 9.10. The molecule has 2 aromatic carbocycles. The van der Waals surface area contributed by atoms with E-state index < -0.39 is 0 Å². The summed E-state index contributed by atoms with van der Waals surface area (Å²) < 4.78 is 8.40. The molecule has 0 radical (unpaired) electrons. The number of pyridine rings is 1. The maximum atomic E-state index is 12.4. The number of nitrogens with zero attached hydrogens (tertiary/aromatic N) is 3. The summed E-state index contributed by atoms with van der Waals surface area (Å²) >= 11 is 3.41. The van der Waals surface area contributed by atoms with Gasteiger partial charge < -0.3 is 10.1 Å². The van der Waals surface area contributed by atoms with Crippen LogP contribution in [-0.2, 0) is 13.2 Å². The van der Waals surface area contributed by atoms with E-state index in [1.807, 2.05) is 66.7 Å². The highest BCUT2D eigenvalue weighted by Crippen LogP contribution is 2.15. The molecule has 6 nitrogen and oxygen atoms in total. The van der Waals surface area contributed by atoms with Crippen LogP contribution in [0.5, 0.6) is 5.75 Å². The molecule has 30 heavy (non-hydrogen) atoms. The van der Waals surface area contributed by atoms with Crippen LogP contribution in [0.2, 0.25) is 0 Å². The smallest absolute Gasteiger partial charge is 0.254 e. The maximum Gasteiger partial charge on any atom is 0.254 e. The van der Waals surface area contributed by atoms with Gasteiger partial charge in [0.2, 0.25) is 0 Å². The van der Waals surface area contributed by atoms with Crippen molar-refractivity contribution in [1.29, 1.82) is 0 Å². The first-order valence-corrected chi connectivity index (χ1v) is 10.2. The van der Waals surface area contributed by atoms with E-state index in [2.05, 4.69) is 31.3 Å². The molecule has 0 bridgehead atoms. The average molecular weight is 463 g/mol. The number of ether oxygens (including phenoxy) is 1. The molecule has 0 spiro atoms. The van der Waals surface area contributed by atoms with Gasteiger partial charge in [-0.1, -0.05) is 34.1 Å². The average Bonchev–Trinajstić information content (AvgIpc) is 3.28. The molecular formula is C23H19BrN4O2. The van der Waals surface area contributed by atoms with E-state index in [4.69, 9.17) is 4.74 Å². The molecule has 0 atom stereocenters. The zero-order chi connectivity index (χ0) is 20.8. The van der Waals surface area contributed by atoms with Gasteiger partial charge >= 0.3 is 0 Å². The zero-order valence-corrected chi connectivity index (χ0v) is 17.6. The Morgan fingerprint density at radius 1 is 1.03 bits per heavy atom. The van der Waals surface area contributed by atoms with Gasteiger partial charge in [-0.25, -0.2) is 4.68 Å². The second kappa shape index (κ2) is 9.37. The first kappa shape index (κ1) is 19.8. The van der Waals surface area contributed by atoms with Crippen molar-refractivity contribution in [2.75, 3.05) is 0 Å². The molecule has 150 valence electrons. The fourth-order valence-corrected chi connectivity index (χ4v) is 3.07. The Balaban J connectivity index is 1.30. The molecule has 0 saturated carbocycles. The summed E-state index contributed by atoms with van der Waals surface area (Å²) in [5.74, 6) is 0.584. The first-order valence-electron chi connectivity index (χ1n) is 9.38. The number of benzene rings is 2. The lowest BCUT2D eigenvalue weighted by Gasteiger charge is -2.07. The third-order valence-electron chi connectivity index (χ3n) is 4.43. The Morgan fingerprint density at radius 2 is 1.83 bits per heavy atom. The lowest BCUT2D eigenvalue weighted by atomic mass is 10.2. The third-order valence-corrected chi connectivity index (χ3v) is 4.95. The number of amides is 1. The molecule has 0 fully saturated rings. The highest BCUT2D eigenvalue weighted by atomic mass is 79.9. The molecule has 1 amide bonds. The standard InChI is InChI=1S/C23H19BrN4O2/c24-19-6-8-21(9-7-19)28-15-18(14-27-28)23(29)26-13-17-4-10-22(11-5-17)30-16-20-3-1-2-12-25-20/h1-12,14-15H,13,16H2,(H,26,29). The SMILES string of the molecule is O=C(NCc1ccc(OCc2ccccn2)cc1)c1cnn(-c2ccc(Br)cc2)c1.